The molecule has 46 heavy (non-hydrogen) atoms. The van der Waals surface area contributed by atoms with E-state index in [0.717, 1.165) is 0 Å². The second-order valence-electron chi connectivity index (χ2n) is 18.7. The average Bonchev–Trinajstić information content (AvgIpc) is 3.57. The van der Waals surface area contributed by atoms with Crippen molar-refractivity contribution in [2.75, 3.05) is 0 Å². The van der Waals surface area contributed by atoms with Crippen molar-refractivity contribution in [2.45, 2.75) is 39.6 Å². The molecule has 2 heteroatoms. The molecule has 8 rings (SSSR count). The van der Waals surface area contributed by atoms with E-state index in [1.54, 1.807) is 0 Å². The number of benzene rings is 6. The van der Waals surface area contributed by atoms with Crippen LogP contribution in [-0.4, -0.2) is 6.88 Å². The van der Waals surface area contributed by atoms with Crippen LogP contribution >= 0.6 is 0 Å². The van der Waals surface area contributed by atoms with E-state index in [2.05, 4.69) is 173 Å². The zero-order chi connectivity index (χ0) is 32.2. The first-order valence-electron chi connectivity index (χ1n) is 16.9. The van der Waals surface area contributed by atoms with Crippen LogP contribution in [0.15, 0.2) is 132 Å². The van der Waals surface area contributed by atoms with Crippen LogP contribution < -0.4 is 0 Å². The predicted molar refractivity (Wildman–Crippen MR) is 204 cm³/mol. The van der Waals surface area contributed by atoms with E-state index in [1.807, 2.05) is 0 Å². The Morgan fingerprint density at radius 3 is 1.26 bits per heavy atom. The van der Waals surface area contributed by atoms with E-state index in [4.69, 9.17) is 0 Å². The molecular weight excluding hydrogens is 648 g/mol. The zero-order valence-corrected chi connectivity index (χ0v) is 31.9. The molecule has 0 saturated carbocycles. The summed E-state index contributed by atoms with van der Waals surface area (Å²) in [6.45, 7) is 7.25. The summed E-state index contributed by atoms with van der Waals surface area (Å²) >= 11 is -4.83. The first kappa shape index (κ1) is 29.8. The van der Waals surface area contributed by atoms with Gasteiger partial charge in [0.05, 0.1) is 0 Å². The third kappa shape index (κ3) is 4.33. The van der Waals surface area contributed by atoms with Gasteiger partial charge in [0.1, 0.15) is 0 Å². The van der Waals surface area contributed by atoms with Gasteiger partial charge >= 0.3 is 272 Å². The second-order valence-corrected chi connectivity index (χ2v) is 79.0. The summed E-state index contributed by atoms with van der Waals surface area (Å²) in [5, 5.41) is 5.17. The predicted octanol–water partition coefficient (Wildman–Crippen LogP) is 12.4. The fraction of sp³-hybridized carbons (Fsp3) is 0.182. The molecule has 0 saturated heterocycles. The van der Waals surface area contributed by atoms with Gasteiger partial charge in [-0.05, 0) is 0 Å². The minimum absolute atomic E-state index is 0.383. The topological polar surface area (TPSA) is 0 Å². The molecule has 0 spiro atoms. The van der Waals surface area contributed by atoms with E-state index in [0.29, 0.717) is 7.25 Å². The molecule has 2 aliphatic carbocycles. The van der Waals surface area contributed by atoms with Crippen molar-refractivity contribution in [3.63, 3.8) is 0 Å². The molecule has 0 bridgehead atoms. The molecule has 0 aromatic heterocycles. The van der Waals surface area contributed by atoms with Gasteiger partial charge in [-0.25, -0.2) is 0 Å². The summed E-state index contributed by atoms with van der Waals surface area (Å²) in [5.74, 6) is 0. The Hall–Kier alpha value is -3.58. The summed E-state index contributed by atoms with van der Waals surface area (Å²) < 4.78 is 11.8. The average molecular weight is 692 g/mol. The van der Waals surface area contributed by atoms with Gasteiger partial charge in [0.2, 0.25) is 0 Å². The molecule has 0 radical (unpaired) electrons. The molecule has 6 aromatic rings. The Bertz CT molecular complexity index is 2320. The molecule has 0 fully saturated rings. The Labute approximate surface area is 269 Å². The molecule has 0 N–H and O–H groups in total. The van der Waals surface area contributed by atoms with Crippen molar-refractivity contribution in [1.29, 1.82) is 0 Å². The van der Waals surface area contributed by atoms with Crippen LogP contribution in [0.2, 0.25) is 18.5 Å². The Morgan fingerprint density at radius 2 is 0.848 bits per heavy atom. The van der Waals surface area contributed by atoms with Crippen molar-refractivity contribution < 1.29 is 14.4 Å². The number of fused-ring (bicyclic) bond motifs is 4. The summed E-state index contributed by atoms with van der Waals surface area (Å²) in [6.07, 6.45) is 5.07. The van der Waals surface area contributed by atoms with Crippen LogP contribution in [0.4, 0.5) is 0 Å². The fourth-order valence-corrected chi connectivity index (χ4v) is 39.3. The maximum atomic E-state index is 2.76. The first-order valence-corrected chi connectivity index (χ1v) is 35.5. The molecule has 0 amide bonds. The number of hydrogen-bond donors (Lipinski definition) is 0. The van der Waals surface area contributed by atoms with Gasteiger partial charge in [-0.3, -0.25) is 0 Å². The van der Waals surface area contributed by atoms with E-state index in [1.165, 1.54) is 77.2 Å². The summed E-state index contributed by atoms with van der Waals surface area (Å²) in [5.41, 5.74) is 14.2. The van der Waals surface area contributed by atoms with Crippen molar-refractivity contribution >= 4 is 40.6 Å². The van der Waals surface area contributed by atoms with E-state index in [-0.39, 0.29) is 0 Å². The molecule has 0 nitrogen and oxygen atoms in total. The third-order valence-electron chi connectivity index (χ3n) is 11.7. The summed E-state index contributed by atoms with van der Waals surface area (Å²) in [7, 11) is 0. The molecule has 0 heterocycles. The number of rotatable bonds is 4. The van der Waals surface area contributed by atoms with Gasteiger partial charge in [-0.2, -0.15) is 0 Å². The SMILES string of the molecule is CC1=Cc2c(-c3ccc4ccccc4c3)cccc2[CH]1[Zr]([CH3])([CH3])([CH3])([CH3])(=[SiH2])[CH]1C(C)=Cc2c(-c3ccc4ccccc4c3)cccc21. The van der Waals surface area contributed by atoms with Gasteiger partial charge in [0.25, 0.3) is 0 Å². The van der Waals surface area contributed by atoms with Gasteiger partial charge in [0, 0.05) is 0 Å². The first-order chi connectivity index (χ1) is 21.6. The van der Waals surface area contributed by atoms with Crippen LogP contribution in [0, 0.1) is 0 Å². The van der Waals surface area contributed by atoms with Crippen molar-refractivity contribution in [2.24, 2.45) is 0 Å². The van der Waals surface area contributed by atoms with Gasteiger partial charge in [0.15, 0.2) is 0 Å². The van der Waals surface area contributed by atoms with Crippen molar-refractivity contribution in [3.8, 4) is 22.3 Å². The second kappa shape index (κ2) is 8.85. The van der Waals surface area contributed by atoms with Gasteiger partial charge < -0.3 is 0 Å². The summed E-state index contributed by atoms with van der Waals surface area (Å²) in [4.78, 5) is 0. The molecule has 0 aliphatic heterocycles. The normalized spacial score (nSPS) is 19.8. The van der Waals surface area contributed by atoms with Crippen LogP contribution in [0.25, 0.3) is 56.0 Å². The van der Waals surface area contributed by atoms with Crippen LogP contribution in [0.1, 0.15) is 43.4 Å². The molecule has 2 atom stereocenters. The summed E-state index contributed by atoms with van der Waals surface area (Å²) in [6, 6.07) is 45.5. The van der Waals surface area contributed by atoms with Crippen molar-refractivity contribution in [1.82, 2.24) is 0 Å². The minimum atomic E-state index is -4.83. The van der Waals surface area contributed by atoms with Crippen LogP contribution in [-0.2, 0) is 14.4 Å². The standard InChI is InChI=1S/2C20H15.4CH3.H2Si.Zr/c2*1-14-11-17-7-4-8-19(20(17)12-14)18-10-9-15-5-2-3-6-16(15)13-18;;;;;;/h2*2-13H,1H3;4*1H3;1H2;. The van der Waals surface area contributed by atoms with E-state index in [9.17, 15) is 0 Å². The Kier molecular flexibility index (Phi) is 5.74. The Balaban J connectivity index is 1.30. The fourth-order valence-electron chi connectivity index (χ4n) is 10.5. The van der Waals surface area contributed by atoms with Gasteiger partial charge in [-0.15, -0.1) is 0 Å². The molecule has 2 aliphatic rings. The van der Waals surface area contributed by atoms with Gasteiger partial charge in [-0.1, -0.05) is 0 Å². The Morgan fingerprint density at radius 1 is 0.457 bits per heavy atom. The zero-order valence-electron chi connectivity index (χ0n) is 28.1. The van der Waals surface area contributed by atoms with E-state index >= 15 is 0 Å². The molecule has 6 aromatic carbocycles. The van der Waals surface area contributed by atoms with Crippen LogP contribution in [0.3, 0.4) is 0 Å². The quantitative estimate of drug-likeness (QED) is 0.161. The van der Waals surface area contributed by atoms with E-state index < -0.39 is 14.4 Å². The maximum absolute atomic E-state index is 4.83. The molecular formula is C44H44SiZr. The third-order valence-corrected chi connectivity index (χ3v) is 35.3. The number of allylic oxidation sites excluding steroid dienone is 2. The van der Waals surface area contributed by atoms with Crippen molar-refractivity contribution in [3.05, 3.63) is 155 Å². The number of hydrogen-bond acceptors (Lipinski definition) is 0. The monoisotopic (exact) mass is 690 g/mol. The molecule has 2 unspecified atom stereocenters. The van der Waals surface area contributed by atoms with Crippen LogP contribution in [0.5, 0.6) is 0 Å². The molecule has 228 valence electrons.